The van der Waals surface area contributed by atoms with E-state index in [1.54, 1.807) is 23.1 Å². The molecule has 0 aliphatic carbocycles. The van der Waals surface area contributed by atoms with Crippen molar-refractivity contribution >= 4 is 34.8 Å². The van der Waals surface area contributed by atoms with Crippen molar-refractivity contribution in [2.45, 2.75) is 13.8 Å². The maximum atomic E-state index is 13.0. The fourth-order valence-corrected chi connectivity index (χ4v) is 2.71. The number of carbonyl (C=O) groups is 1. The molecule has 1 amide bonds. The number of para-hydroxylation sites is 1. The lowest BCUT2D eigenvalue weighted by atomic mass is 10.2. The van der Waals surface area contributed by atoms with Crippen LogP contribution in [0.1, 0.15) is 23.1 Å². The van der Waals surface area contributed by atoms with Crippen LogP contribution in [0.15, 0.2) is 60.7 Å². The molecule has 0 radical (unpaired) electrons. The summed E-state index contributed by atoms with van der Waals surface area (Å²) in [4.78, 5) is 23.4. The molecule has 0 bridgehead atoms. The second kappa shape index (κ2) is 7.97. The van der Waals surface area contributed by atoms with Crippen molar-refractivity contribution in [2.24, 2.45) is 0 Å². The molecule has 1 heterocycles. The molecular weight excluding hydrogens is 348 g/mol. The van der Waals surface area contributed by atoms with Gasteiger partial charge in [-0.2, -0.15) is 0 Å². The quantitative estimate of drug-likeness (QED) is 0.701. The summed E-state index contributed by atoms with van der Waals surface area (Å²) in [7, 11) is 0. The minimum atomic E-state index is -0.164. The first-order valence-electron chi connectivity index (χ1n) is 8.32. The number of nitrogens with one attached hydrogen (secondary N) is 1. The molecule has 1 aromatic heterocycles. The van der Waals surface area contributed by atoms with Crippen molar-refractivity contribution in [1.29, 1.82) is 0 Å². The van der Waals surface area contributed by atoms with Gasteiger partial charge in [0.25, 0.3) is 5.91 Å². The molecule has 2 aromatic carbocycles. The monoisotopic (exact) mass is 366 g/mol. The van der Waals surface area contributed by atoms with Gasteiger partial charge in [-0.15, -0.1) is 0 Å². The molecule has 0 spiro atoms. The topological polar surface area (TPSA) is 58.1 Å². The van der Waals surface area contributed by atoms with Crippen LogP contribution >= 0.6 is 11.6 Å². The summed E-state index contributed by atoms with van der Waals surface area (Å²) in [5.74, 6) is 0.211. The Morgan fingerprint density at radius 1 is 1.08 bits per heavy atom. The molecule has 0 saturated carbocycles. The number of benzene rings is 2. The number of rotatable bonds is 5. The van der Waals surface area contributed by atoms with Crippen LogP contribution in [0.2, 0.25) is 5.02 Å². The van der Waals surface area contributed by atoms with E-state index in [1.807, 2.05) is 56.3 Å². The second-order valence-electron chi connectivity index (χ2n) is 5.74. The predicted octanol–water partition coefficient (Wildman–Crippen LogP) is 4.85. The summed E-state index contributed by atoms with van der Waals surface area (Å²) in [6, 6.07) is 18.5. The van der Waals surface area contributed by atoms with Gasteiger partial charge < -0.3 is 10.2 Å². The first-order valence-corrected chi connectivity index (χ1v) is 8.70. The summed E-state index contributed by atoms with van der Waals surface area (Å²) in [6.45, 7) is 4.32. The molecule has 0 atom stereocenters. The zero-order chi connectivity index (χ0) is 18.5. The van der Waals surface area contributed by atoms with Crippen molar-refractivity contribution in [3.8, 4) is 0 Å². The van der Waals surface area contributed by atoms with Crippen LogP contribution in [-0.2, 0) is 0 Å². The molecule has 1 N–H and O–H groups in total. The van der Waals surface area contributed by atoms with Gasteiger partial charge in [0, 0.05) is 28.6 Å². The van der Waals surface area contributed by atoms with Crippen LogP contribution in [0.5, 0.6) is 0 Å². The van der Waals surface area contributed by atoms with Gasteiger partial charge in [-0.25, -0.2) is 9.97 Å². The standard InChI is InChI=1S/C20H19ClN4O/c1-3-25(17-7-5-4-6-8-17)19(26)18-13-14(2)22-20(24-18)23-16-11-9-15(21)10-12-16/h4-13H,3H2,1-2H3,(H,22,23,24). The molecule has 0 saturated heterocycles. The van der Waals surface area contributed by atoms with Gasteiger partial charge in [-0.3, -0.25) is 4.79 Å². The van der Waals surface area contributed by atoms with Gasteiger partial charge in [0.1, 0.15) is 5.69 Å². The fourth-order valence-electron chi connectivity index (χ4n) is 2.59. The minimum Gasteiger partial charge on any atom is -0.324 e. The van der Waals surface area contributed by atoms with Gasteiger partial charge in [-0.05, 0) is 56.3 Å². The summed E-state index contributed by atoms with van der Waals surface area (Å²) >= 11 is 5.91. The molecule has 6 heteroatoms. The lowest BCUT2D eigenvalue weighted by molar-refractivity contribution is 0.0983. The Morgan fingerprint density at radius 3 is 2.42 bits per heavy atom. The largest absolute Gasteiger partial charge is 0.324 e. The Bertz CT molecular complexity index is 897. The molecule has 3 aromatic rings. The van der Waals surface area contributed by atoms with Gasteiger partial charge in [0.2, 0.25) is 5.95 Å². The Balaban J connectivity index is 1.88. The predicted molar refractivity (Wildman–Crippen MR) is 105 cm³/mol. The second-order valence-corrected chi connectivity index (χ2v) is 6.17. The summed E-state index contributed by atoms with van der Waals surface area (Å²) < 4.78 is 0. The molecule has 0 aliphatic rings. The van der Waals surface area contributed by atoms with Crippen molar-refractivity contribution in [3.05, 3.63) is 77.1 Å². The number of hydrogen-bond acceptors (Lipinski definition) is 4. The number of hydrogen-bond donors (Lipinski definition) is 1. The van der Waals surface area contributed by atoms with E-state index in [4.69, 9.17) is 11.6 Å². The highest BCUT2D eigenvalue weighted by Crippen LogP contribution is 2.19. The van der Waals surface area contributed by atoms with Crippen molar-refractivity contribution in [1.82, 2.24) is 9.97 Å². The van der Waals surface area contributed by atoms with Crippen molar-refractivity contribution in [3.63, 3.8) is 0 Å². The molecule has 5 nitrogen and oxygen atoms in total. The van der Waals surface area contributed by atoms with Crippen molar-refractivity contribution in [2.75, 3.05) is 16.8 Å². The average molecular weight is 367 g/mol. The Labute approximate surface area is 157 Å². The number of nitrogens with zero attached hydrogens (tertiary/aromatic N) is 3. The van der Waals surface area contributed by atoms with Gasteiger partial charge >= 0.3 is 0 Å². The molecule has 3 rings (SSSR count). The number of amides is 1. The SMILES string of the molecule is CCN(C(=O)c1cc(C)nc(Nc2ccc(Cl)cc2)n1)c1ccccc1. The highest BCUT2D eigenvalue weighted by atomic mass is 35.5. The maximum Gasteiger partial charge on any atom is 0.277 e. The zero-order valence-electron chi connectivity index (χ0n) is 14.6. The summed E-state index contributed by atoms with van der Waals surface area (Å²) in [6.07, 6.45) is 0. The van der Waals surface area contributed by atoms with Crippen LogP contribution in [0, 0.1) is 6.92 Å². The highest BCUT2D eigenvalue weighted by Gasteiger charge is 2.18. The summed E-state index contributed by atoms with van der Waals surface area (Å²) in [5, 5.41) is 3.76. The Morgan fingerprint density at radius 2 is 1.77 bits per heavy atom. The van der Waals surface area contributed by atoms with E-state index < -0.39 is 0 Å². The van der Waals surface area contributed by atoms with Gasteiger partial charge in [0.15, 0.2) is 0 Å². The van der Waals surface area contributed by atoms with E-state index in [0.717, 1.165) is 11.4 Å². The number of halogens is 1. The number of aryl methyl sites for hydroxylation is 1. The third-order valence-electron chi connectivity index (χ3n) is 3.80. The van der Waals surface area contributed by atoms with E-state index in [-0.39, 0.29) is 5.91 Å². The van der Waals surface area contributed by atoms with Gasteiger partial charge in [-0.1, -0.05) is 29.8 Å². The molecular formula is C20H19ClN4O. The molecule has 0 aliphatic heterocycles. The molecule has 132 valence electrons. The third kappa shape index (κ3) is 4.18. The van der Waals surface area contributed by atoms with E-state index >= 15 is 0 Å². The first-order chi connectivity index (χ1) is 12.6. The summed E-state index contributed by atoms with van der Waals surface area (Å²) in [5.41, 5.74) is 2.70. The number of anilines is 3. The number of carbonyl (C=O) groups excluding carboxylic acids is 1. The smallest absolute Gasteiger partial charge is 0.277 e. The van der Waals surface area contributed by atoms with E-state index in [9.17, 15) is 4.79 Å². The lowest BCUT2D eigenvalue weighted by Gasteiger charge is -2.21. The van der Waals surface area contributed by atoms with Crippen LogP contribution < -0.4 is 10.2 Å². The Kier molecular flexibility index (Phi) is 5.49. The van der Waals surface area contributed by atoms with Crippen LogP contribution in [0.4, 0.5) is 17.3 Å². The average Bonchev–Trinajstić information content (AvgIpc) is 2.64. The van der Waals surface area contributed by atoms with Crippen LogP contribution in [0.25, 0.3) is 0 Å². The van der Waals surface area contributed by atoms with E-state index in [1.165, 1.54) is 0 Å². The lowest BCUT2D eigenvalue weighted by Crippen LogP contribution is -2.31. The number of aromatic nitrogens is 2. The van der Waals surface area contributed by atoms with Crippen LogP contribution in [0.3, 0.4) is 0 Å². The fraction of sp³-hybridized carbons (Fsp3) is 0.150. The Hall–Kier alpha value is -2.92. The van der Waals surface area contributed by atoms with E-state index in [0.29, 0.717) is 28.9 Å². The minimum absolute atomic E-state index is 0.164. The normalized spacial score (nSPS) is 10.4. The zero-order valence-corrected chi connectivity index (χ0v) is 15.4. The molecule has 0 unspecified atom stereocenters. The first kappa shape index (κ1) is 17.9. The van der Waals surface area contributed by atoms with Crippen LogP contribution in [-0.4, -0.2) is 22.4 Å². The molecule has 0 fully saturated rings. The van der Waals surface area contributed by atoms with E-state index in [2.05, 4.69) is 15.3 Å². The highest BCUT2D eigenvalue weighted by molar-refractivity contribution is 6.30. The maximum absolute atomic E-state index is 13.0. The van der Waals surface area contributed by atoms with Gasteiger partial charge in [0.05, 0.1) is 0 Å². The molecule has 26 heavy (non-hydrogen) atoms. The third-order valence-corrected chi connectivity index (χ3v) is 4.05. The van der Waals surface area contributed by atoms with Crippen molar-refractivity contribution < 1.29 is 4.79 Å².